The molecule has 39 heavy (non-hydrogen) atoms. The van der Waals surface area contributed by atoms with Crippen LogP contribution in [0.3, 0.4) is 0 Å². The van der Waals surface area contributed by atoms with Crippen LogP contribution in [-0.2, 0) is 26.0 Å². The second kappa shape index (κ2) is 14.6. The Hall–Kier alpha value is -2.70. The van der Waals surface area contributed by atoms with Gasteiger partial charge in [-0.15, -0.1) is 0 Å². The van der Waals surface area contributed by atoms with Gasteiger partial charge in [0.1, 0.15) is 0 Å². The molecule has 0 saturated carbocycles. The highest BCUT2D eigenvalue weighted by molar-refractivity contribution is 7.89. The van der Waals surface area contributed by atoms with Crippen molar-refractivity contribution in [3.63, 3.8) is 0 Å². The van der Waals surface area contributed by atoms with Crippen LogP contribution in [0, 0.1) is 0 Å². The molecule has 2 aromatic rings. The molecule has 0 aromatic heterocycles. The minimum atomic E-state index is -3.92. The van der Waals surface area contributed by atoms with Gasteiger partial charge in [-0.1, -0.05) is 29.8 Å². The van der Waals surface area contributed by atoms with E-state index in [2.05, 4.69) is 0 Å². The standard InChI is InChI=1S/C27H39ClN4O6S/c1-18(2)32(39(36,37)23-14-12-21(29)13-15-23)22(17-33)10-7-8-19(3)31(27(35)38-4)26(34)25(30)16-20-9-5-6-11-24(20)28/h5-6,9,11-15,18-19,22,25,33H,7-8,10,16-17,29-30H2,1-4H3/t19-,22-,25-/m0/s1. The van der Waals surface area contributed by atoms with Gasteiger partial charge < -0.3 is 21.3 Å². The number of rotatable bonds is 13. The number of benzene rings is 2. The van der Waals surface area contributed by atoms with Crippen LogP contribution in [0.15, 0.2) is 53.4 Å². The number of hydrogen-bond acceptors (Lipinski definition) is 8. The zero-order chi connectivity index (χ0) is 29.3. The van der Waals surface area contributed by atoms with Gasteiger partial charge in [-0.3, -0.25) is 4.79 Å². The molecule has 216 valence electrons. The molecule has 0 radical (unpaired) electrons. The van der Waals surface area contributed by atoms with Crippen LogP contribution in [0.5, 0.6) is 0 Å². The number of methoxy groups -OCH3 is 1. The highest BCUT2D eigenvalue weighted by atomic mass is 35.5. The van der Waals surface area contributed by atoms with Crippen molar-refractivity contribution in [3.8, 4) is 0 Å². The number of aliphatic hydroxyl groups excluding tert-OH is 1. The number of aliphatic hydroxyl groups is 1. The first-order valence-electron chi connectivity index (χ1n) is 12.7. The SMILES string of the molecule is COC(=O)N(C(=O)[C@@H](N)Cc1ccccc1Cl)[C@@H](C)CCC[C@@H](CO)N(C(C)C)S(=O)(=O)c1ccc(N)cc1. The number of sulfonamides is 1. The zero-order valence-corrected chi connectivity index (χ0v) is 24.4. The van der Waals surface area contributed by atoms with Crippen LogP contribution >= 0.6 is 11.6 Å². The first kappa shape index (κ1) is 32.5. The van der Waals surface area contributed by atoms with Crippen LogP contribution in [-0.4, -0.2) is 72.6 Å². The molecule has 12 heteroatoms. The quantitative estimate of drug-likeness (QED) is 0.303. The summed E-state index contributed by atoms with van der Waals surface area (Å²) >= 11 is 6.20. The molecule has 2 rings (SSSR count). The number of imide groups is 1. The second-order valence-electron chi connectivity index (χ2n) is 9.69. The van der Waals surface area contributed by atoms with Gasteiger partial charge in [0, 0.05) is 28.8 Å². The van der Waals surface area contributed by atoms with Crippen molar-refractivity contribution in [3.05, 3.63) is 59.1 Å². The fourth-order valence-electron chi connectivity index (χ4n) is 4.49. The van der Waals surface area contributed by atoms with Crippen molar-refractivity contribution in [1.82, 2.24) is 9.21 Å². The van der Waals surface area contributed by atoms with Crippen LogP contribution in [0.25, 0.3) is 0 Å². The maximum absolute atomic E-state index is 13.4. The molecule has 2 aromatic carbocycles. The van der Waals surface area contributed by atoms with Crippen molar-refractivity contribution in [2.75, 3.05) is 19.5 Å². The number of hydrogen-bond donors (Lipinski definition) is 3. The molecule has 0 aliphatic rings. The predicted octanol–water partition coefficient (Wildman–Crippen LogP) is 3.41. The van der Waals surface area contributed by atoms with Gasteiger partial charge in [0.25, 0.3) is 0 Å². The second-order valence-corrected chi connectivity index (χ2v) is 11.9. The third-order valence-corrected chi connectivity index (χ3v) is 8.97. The summed E-state index contributed by atoms with van der Waals surface area (Å²) in [5, 5.41) is 10.6. The third kappa shape index (κ3) is 8.39. The number of nitrogen functional groups attached to an aromatic ring is 1. The van der Waals surface area contributed by atoms with E-state index in [0.717, 1.165) is 4.90 Å². The summed E-state index contributed by atoms with van der Waals surface area (Å²) in [5.41, 5.74) is 13.0. The molecule has 0 heterocycles. The lowest BCUT2D eigenvalue weighted by molar-refractivity contribution is -0.132. The average Bonchev–Trinajstić information content (AvgIpc) is 2.89. The summed E-state index contributed by atoms with van der Waals surface area (Å²) in [5.74, 6) is -0.609. The van der Waals surface area contributed by atoms with Crippen LogP contribution in [0.4, 0.5) is 10.5 Å². The Morgan fingerprint density at radius 1 is 1.05 bits per heavy atom. The van der Waals surface area contributed by atoms with Crippen molar-refractivity contribution in [2.24, 2.45) is 5.73 Å². The predicted molar refractivity (Wildman–Crippen MR) is 152 cm³/mol. The minimum absolute atomic E-state index is 0.0761. The van der Waals surface area contributed by atoms with Crippen LogP contribution in [0.1, 0.15) is 45.6 Å². The van der Waals surface area contributed by atoms with Crippen molar-refractivity contribution >= 4 is 39.3 Å². The summed E-state index contributed by atoms with van der Waals surface area (Å²) in [7, 11) is -2.74. The molecule has 5 N–H and O–H groups in total. The number of anilines is 1. The van der Waals surface area contributed by atoms with Gasteiger partial charge in [-0.2, -0.15) is 4.31 Å². The normalized spacial score (nSPS) is 14.2. The Kier molecular flexibility index (Phi) is 12.2. The van der Waals surface area contributed by atoms with Gasteiger partial charge in [-0.05, 0) is 82.3 Å². The molecule has 0 aliphatic heterocycles. The molecule has 0 spiro atoms. The van der Waals surface area contributed by atoms with E-state index in [-0.39, 0.29) is 11.3 Å². The molecule has 2 amide bonds. The van der Waals surface area contributed by atoms with Gasteiger partial charge >= 0.3 is 6.09 Å². The number of halogens is 1. The van der Waals surface area contributed by atoms with E-state index < -0.39 is 52.8 Å². The van der Waals surface area contributed by atoms with E-state index in [9.17, 15) is 23.1 Å². The fraction of sp³-hybridized carbons (Fsp3) is 0.481. The van der Waals surface area contributed by atoms with E-state index in [1.54, 1.807) is 45.0 Å². The van der Waals surface area contributed by atoms with Gasteiger partial charge in [0.15, 0.2) is 0 Å². The fourth-order valence-corrected chi connectivity index (χ4v) is 6.54. The zero-order valence-electron chi connectivity index (χ0n) is 22.8. The van der Waals surface area contributed by atoms with Crippen molar-refractivity contribution in [2.45, 2.75) is 75.5 Å². The summed E-state index contributed by atoms with van der Waals surface area (Å²) in [6.07, 6.45) is 0.340. The lowest BCUT2D eigenvalue weighted by atomic mass is 10.0. The molecule has 10 nitrogen and oxygen atoms in total. The van der Waals surface area contributed by atoms with Gasteiger partial charge in [-0.25, -0.2) is 18.1 Å². The highest BCUT2D eigenvalue weighted by Crippen LogP contribution is 2.25. The van der Waals surface area contributed by atoms with E-state index in [1.807, 2.05) is 0 Å². The molecule has 0 saturated heterocycles. The van der Waals surface area contributed by atoms with Crippen LogP contribution in [0.2, 0.25) is 5.02 Å². The van der Waals surface area contributed by atoms with E-state index in [1.165, 1.54) is 35.7 Å². The number of carbonyl (C=O) groups excluding carboxylic acids is 2. The molecule has 0 unspecified atom stereocenters. The topological polar surface area (TPSA) is 156 Å². The number of nitrogens with two attached hydrogens (primary N) is 2. The van der Waals surface area contributed by atoms with E-state index >= 15 is 0 Å². The molecule has 0 aliphatic carbocycles. The largest absolute Gasteiger partial charge is 0.452 e. The summed E-state index contributed by atoms with van der Waals surface area (Å²) in [6, 6.07) is 10.1. The van der Waals surface area contributed by atoms with Crippen LogP contribution < -0.4 is 11.5 Å². The average molecular weight is 583 g/mol. The smallest absolute Gasteiger partial charge is 0.416 e. The maximum atomic E-state index is 13.4. The first-order chi connectivity index (χ1) is 18.3. The number of amides is 2. The van der Waals surface area contributed by atoms with Crippen molar-refractivity contribution in [1.29, 1.82) is 0 Å². The van der Waals surface area contributed by atoms with E-state index in [0.29, 0.717) is 35.5 Å². The molecular formula is C27H39ClN4O6S. The molecule has 3 atom stereocenters. The number of ether oxygens (including phenoxy) is 1. The molecule has 0 bridgehead atoms. The Bertz CT molecular complexity index is 1210. The highest BCUT2D eigenvalue weighted by Gasteiger charge is 2.35. The van der Waals surface area contributed by atoms with Crippen molar-refractivity contribution < 1.29 is 27.9 Å². The van der Waals surface area contributed by atoms with E-state index in [4.69, 9.17) is 27.8 Å². The molecular weight excluding hydrogens is 544 g/mol. The Balaban J connectivity index is 2.14. The monoisotopic (exact) mass is 582 g/mol. The third-order valence-electron chi connectivity index (χ3n) is 6.46. The van der Waals surface area contributed by atoms with Gasteiger partial charge in [0.05, 0.1) is 24.7 Å². The summed E-state index contributed by atoms with van der Waals surface area (Å²) in [6.45, 7) is 4.76. The minimum Gasteiger partial charge on any atom is -0.452 e. The summed E-state index contributed by atoms with van der Waals surface area (Å²) in [4.78, 5) is 26.8. The maximum Gasteiger partial charge on any atom is 0.416 e. The number of nitrogens with zero attached hydrogens (tertiary/aromatic N) is 2. The molecule has 0 fully saturated rings. The first-order valence-corrected chi connectivity index (χ1v) is 14.6. The number of carbonyl (C=O) groups is 2. The summed E-state index contributed by atoms with van der Waals surface area (Å²) < 4.78 is 32.9. The Labute approximate surface area is 235 Å². The Morgan fingerprint density at radius 2 is 1.67 bits per heavy atom. The lowest BCUT2D eigenvalue weighted by Gasteiger charge is -2.34. The lowest BCUT2D eigenvalue weighted by Crippen LogP contribution is -2.51. The van der Waals surface area contributed by atoms with Gasteiger partial charge in [0.2, 0.25) is 15.9 Å². The Morgan fingerprint density at radius 3 is 2.21 bits per heavy atom.